The van der Waals surface area contributed by atoms with E-state index in [0.717, 1.165) is 21.5 Å². The number of benzene rings is 1. The second kappa shape index (κ2) is 6.32. The molecule has 0 amide bonds. The van der Waals surface area contributed by atoms with Gasteiger partial charge in [0, 0.05) is 23.6 Å². The second-order valence-electron chi connectivity index (χ2n) is 4.69. The summed E-state index contributed by atoms with van der Waals surface area (Å²) in [5.74, 6) is 0.803. The number of aliphatic hydroxyl groups is 1. The minimum Gasteiger partial charge on any atom is -0.387 e. The Labute approximate surface area is 121 Å². The zero-order chi connectivity index (χ0) is 13.8. The van der Waals surface area contributed by atoms with Crippen molar-refractivity contribution in [3.05, 3.63) is 51.8 Å². The van der Waals surface area contributed by atoms with Crippen molar-refractivity contribution in [3.8, 4) is 0 Å². The van der Waals surface area contributed by atoms with E-state index in [1.165, 1.54) is 0 Å². The van der Waals surface area contributed by atoms with Gasteiger partial charge in [-0.3, -0.25) is 4.90 Å². The zero-order valence-electron chi connectivity index (χ0n) is 11.0. The van der Waals surface area contributed by atoms with Crippen LogP contribution in [0.4, 0.5) is 0 Å². The molecule has 0 saturated heterocycles. The summed E-state index contributed by atoms with van der Waals surface area (Å²) in [6.07, 6.45) is -0.508. The zero-order valence-corrected chi connectivity index (χ0v) is 12.6. The molecular formula is C14H17BrN2O2. The fourth-order valence-electron chi connectivity index (χ4n) is 1.92. The average Bonchev–Trinajstić information content (AvgIpc) is 2.75. The first-order valence-electron chi connectivity index (χ1n) is 6.09. The van der Waals surface area contributed by atoms with Crippen LogP contribution in [0.15, 0.2) is 39.3 Å². The number of rotatable bonds is 5. The van der Waals surface area contributed by atoms with E-state index >= 15 is 0 Å². The molecule has 1 N–H and O–H groups in total. The number of hydrogen-bond acceptors (Lipinski definition) is 4. The van der Waals surface area contributed by atoms with E-state index in [-0.39, 0.29) is 0 Å². The molecular weight excluding hydrogens is 308 g/mol. The first-order chi connectivity index (χ1) is 9.04. The summed E-state index contributed by atoms with van der Waals surface area (Å²) >= 11 is 3.38. The van der Waals surface area contributed by atoms with E-state index in [1.807, 2.05) is 49.2 Å². The minimum absolute atomic E-state index is 0.508. The van der Waals surface area contributed by atoms with Crippen LogP contribution in [-0.4, -0.2) is 28.8 Å². The van der Waals surface area contributed by atoms with Gasteiger partial charge in [0.15, 0.2) is 0 Å². The molecule has 0 saturated carbocycles. The van der Waals surface area contributed by atoms with E-state index in [2.05, 4.69) is 21.1 Å². The molecule has 0 unspecified atom stereocenters. The van der Waals surface area contributed by atoms with Crippen LogP contribution in [0.2, 0.25) is 0 Å². The van der Waals surface area contributed by atoms with Crippen LogP contribution in [0.5, 0.6) is 0 Å². The van der Waals surface area contributed by atoms with Gasteiger partial charge in [-0.15, -0.1) is 0 Å². The normalized spacial score (nSPS) is 12.9. The highest BCUT2D eigenvalue weighted by molar-refractivity contribution is 9.10. The number of likely N-dealkylation sites (N-methyl/N-ethyl adjacent to an activating group) is 1. The van der Waals surface area contributed by atoms with Crippen molar-refractivity contribution >= 4 is 15.9 Å². The van der Waals surface area contributed by atoms with Gasteiger partial charge in [-0.2, -0.15) is 0 Å². The Balaban J connectivity index is 1.91. The third kappa shape index (κ3) is 4.16. The molecule has 5 heteroatoms. The third-order valence-electron chi connectivity index (χ3n) is 2.85. The Morgan fingerprint density at radius 3 is 2.63 bits per heavy atom. The largest absolute Gasteiger partial charge is 0.387 e. The third-order valence-corrected chi connectivity index (χ3v) is 3.38. The van der Waals surface area contributed by atoms with Crippen LogP contribution in [0.1, 0.15) is 23.1 Å². The Morgan fingerprint density at radius 1 is 1.37 bits per heavy atom. The van der Waals surface area contributed by atoms with Crippen molar-refractivity contribution in [2.45, 2.75) is 19.6 Å². The van der Waals surface area contributed by atoms with Crippen LogP contribution in [0.25, 0.3) is 0 Å². The molecule has 0 fully saturated rings. The van der Waals surface area contributed by atoms with Crippen molar-refractivity contribution in [2.75, 3.05) is 13.6 Å². The molecule has 0 aliphatic carbocycles. The number of aliphatic hydroxyl groups excluding tert-OH is 1. The van der Waals surface area contributed by atoms with Gasteiger partial charge in [0.25, 0.3) is 0 Å². The lowest BCUT2D eigenvalue weighted by atomic mass is 10.1. The lowest BCUT2D eigenvalue weighted by molar-refractivity contribution is 0.122. The molecule has 2 rings (SSSR count). The summed E-state index contributed by atoms with van der Waals surface area (Å²) in [6.45, 7) is 3.08. The Bertz CT molecular complexity index is 524. The number of hydrogen-bond donors (Lipinski definition) is 1. The van der Waals surface area contributed by atoms with E-state index < -0.39 is 6.10 Å². The fraction of sp³-hybridized carbons (Fsp3) is 0.357. The Morgan fingerprint density at radius 2 is 2.05 bits per heavy atom. The maximum absolute atomic E-state index is 10.2. The molecule has 2 aromatic rings. The number of aromatic nitrogens is 1. The number of halogens is 1. The number of nitrogens with zero attached hydrogens (tertiary/aromatic N) is 2. The van der Waals surface area contributed by atoms with E-state index in [4.69, 9.17) is 4.52 Å². The molecule has 19 heavy (non-hydrogen) atoms. The number of aryl methyl sites for hydroxylation is 1. The highest BCUT2D eigenvalue weighted by Gasteiger charge is 2.12. The molecule has 0 aliphatic rings. The summed E-state index contributed by atoms with van der Waals surface area (Å²) in [7, 11) is 1.95. The van der Waals surface area contributed by atoms with Crippen LogP contribution >= 0.6 is 15.9 Å². The van der Waals surface area contributed by atoms with Gasteiger partial charge in [-0.05, 0) is 31.7 Å². The summed E-state index contributed by atoms with van der Waals surface area (Å²) < 4.78 is 6.03. The van der Waals surface area contributed by atoms with E-state index in [9.17, 15) is 5.11 Å². The van der Waals surface area contributed by atoms with Gasteiger partial charge in [0.05, 0.1) is 11.8 Å². The highest BCUT2D eigenvalue weighted by Crippen LogP contribution is 2.18. The van der Waals surface area contributed by atoms with Gasteiger partial charge >= 0.3 is 0 Å². The lowest BCUT2D eigenvalue weighted by Gasteiger charge is -2.19. The SMILES string of the molecule is Cc1cc(CN(C)C[C@H](O)c2ccc(Br)cc2)no1. The summed E-state index contributed by atoms with van der Waals surface area (Å²) in [6, 6.07) is 9.60. The molecule has 0 radical (unpaired) electrons. The van der Waals surface area contributed by atoms with Crippen LogP contribution < -0.4 is 0 Å². The fourth-order valence-corrected chi connectivity index (χ4v) is 2.18. The van der Waals surface area contributed by atoms with Crippen molar-refractivity contribution in [3.63, 3.8) is 0 Å². The maximum Gasteiger partial charge on any atom is 0.133 e. The predicted molar refractivity (Wildman–Crippen MR) is 76.7 cm³/mol. The van der Waals surface area contributed by atoms with Crippen LogP contribution in [0, 0.1) is 6.92 Å². The quantitative estimate of drug-likeness (QED) is 0.918. The van der Waals surface area contributed by atoms with E-state index in [0.29, 0.717) is 13.1 Å². The highest BCUT2D eigenvalue weighted by atomic mass is 79.9. The molecule has 4 nitrogen and oxygen atoms in total. The van der Waals surface area contributed by atoms with Crippen molar-refractivity contribution < 1.29 is 9.63 Å². The van der Waals surface area contributed by atoms with Gasteiger partial charge in [-0.1, -0.05) is 33.2 Å². The van der Waals surface area contributed by atoms with Gasteiger partial charge in [-0.25, -0.2) is 0 Å². The molecule has 0 spiro atoms. The van der Waals surface area contributed by atoms with Crippen molar-refractivity contribution in [1.29, 1.82) is 0 Å². The van der Waals surface area contributed by atoms with E-state index in [1.54, 1.807) is 0 Å². The molecule has 1 aromatic carbocycles. The summed E-state index contributed by atoms with van der Waals surface area (Å²) in [5.41, 5.74) is 1.79. The lowest BCUT2D eigenvalue weighted by Crippen LogP contribution is -2.24. The monoisotopic (exact) mass is 324 g/mol. The van der Waals surface area contributed by atoms with Gasteiger partial charge < -0.3 is 9.63 Å². The molecule has 0 aliphatic heterocycles. The average molecular weight is 325 g/mol. The van der Waals surface area contributed by atoms with Gasteiger partial charge in [0.1, 0.15) is 5.76 Å². The van der Waals surface area contributed by atoms with Crippen LogP contribution in [0.3, 0.4) is 0 Å². The summed E-state index contributed by atoms with van der Waals surface area (Å²) in [4.78, 5) is 2.02. The molecule has 1 aromatic heterocycles. The molecule has 1 heterocycles. The molecule has 102 valence electrons. The van der Waals surface area contributed by atoms with Crippen LogP contribution in [-0.2, 0) is 6.54 Å². The predicted octanol–water partition coefficient (Wildman–Crippen LogP) is 2.91. The Hall–Kier alpha value is -1.17. The topological polar surface area (TPSA) is 49.5 Å². The van der Waals surface area contributed by atoms with Crippen molar-refractivity contribution in [1.82, 2.24) is 10.1 Å². The Kier molecular flexibility index (Phi) is 4.74. The first-order valence-corrected chi connectivity index (χ1v) is 6.88. The molecule has 0 bridgehead atoms. The first kappa shape index (κ1) is 14.2. The summed E-state index contributed by atoms with van der Waals surface area (Å²) in [5, 5.41) is 14.1. The standard InChI is InChI=1S/C14H17BrN2O2/c1-10-7-13(16-19-10)8-17(2)9-14(18)11-3-5-12(15)6-4-11/h3-7,14,18H,8-9H2,1-2H3/t14-/m0/s1. The molecule has 1 atom stereocenters. The smallest absolute Gasteiger partial charge is 0.133 e. The van der Waals surface area contributed by atoms with Gasteiger partial charge in [0.2, 0.25) is 0 Å². The maximum atomic E-state index is 10.2. The second-order valence-corrected chi connectivity index (χ2v) is 5.61. The minimum atomic E-state index is -0.508. The van der Waals surface area contributed by atoms with Crippen molar-refractivity contribution in [2.24, 2.45) is 0 Å².